The van der Waals surface area contributed by atoms with Crippen LogP contribution in [0.1, 0.15) is 21.9 Å². The maximum atomic E-state index is 12.8. The topological polar surface area (TPSA) is 58.6 Å². The Bertz CT molecular complexity index is 709. The molecule has 1 spiro atoms. The van der Waals surface area contributed by atoms with Gasteiger partial charge in [-0.05, 0) is 25.1 Å². The van der Waals surface area contributed by atoms with Crippen LogP contribution in [0.4, 0.5) is 0 Å². The molecule has 0 radical (unpaired) electrons. The Balaban J connectivity index is 1.46. The number of hydrogen-bond donors (Lipinski definition) is 0. The van der Waals surface area contributed by atoms with Crippen molar-refractivity contribution in [2.24, 2.45) is 5.41 Å². The fourth-order valence-corrected chi connectivity index (χ4v) is 4.41. The fourth-order valence-electron chi connectivity index (χ4n) is 3.75. The van der Waals surface area contributed by atoms with Gasteiger partial charge in [0.2, 0.25) is 0 Å². The summed E-state index contributed by atoms with van der Waals surface area (Å²) in [7, 11) is 0. The third kappa shape index (κ3) is 3.73. The van der Waals surface area contributed by atoms with Crippen LogP contribution in [0.15, 0.2) is 36.0 Å². The summed E-state index contributed by atoms with van der Waals surface area (Å²) < 4.78 is 5.88. The van der Waals surface area contributed by atoms with Gasteiger partial charge >= 0.3 is 0 Å². The summed E-state index contributed by atoms with van der Waals surface area (Å²) in [6.07, 6.45) is 4.57. The summed E-state index contributed by atoms with van der Waals surface area (Å²) in [5.74, 6) is 0.00356. The van der Waals surface area contributed by atoms with Crippen LogP contribution < -0.4 is 0 Å². The van der Waals surface area contributed by atoms with Gasteiger partial charge in [0.05, 0.1) is 19.8 Å². The van der Waals surface area contributed by atoms with E-state index in [-0.39, 0.29) is 11.3 Å². The zero-order valence-electron chi connectivity index (χ0n) is 14.1. The second-order valence-electron chi connectivity index (χ2n) is 6.88. The molecule has 0 aromatic carbocycles. The fraction of sp³-hybridized carbons (Fsp3) is 0.500. The van der Waals surface area contributed by atoms with E-state index in [9.17, 15) is 4.79 Å². The molecule has 1 atom stereocenters. The molecule has 4 heterocycles. The van der Waals surface area contributed by atoms with Crippen molar-refractivity contribution >= 4 is 17.2 Å². The molecule has 2 aromatic heterocycles. The minimum absolute atomic E-state index is 0.00356. The Morgan fingerprint density at radius 2 is 2.20 bits per heavy atom. The van der Waals surface area contributed by atoms with E-state index in [1.54, 1.807) is 23.6 Å². The summed E-state index contributed by atoms with van der Waals surface area (Å²) in [5.41, 5.74) is 0.523. The average Bonchev–Trinajstić information content (AvgIpc) is 3.23. The number of nitrogens with zero attached hydrogens (tertiary/aromatic N) is 4. The molecule has 1 amide bonds. The lowest BCUT2D eigenvalue weighted by Gasteiger charge is -2.31. The number of carbonyl (C=O) groups is 1. The lowest BCUT2D eigenvalue weighted by Crippen LogP contribution is -2.43. The molecular weight excluding hydrogens is 336 g/mol. The highest BCUT2D eigenvalue weighted by Gasteiger charge is 2.42. The third-order valence-corrected chi connectivity index (χ3v) is 5.74. The second-order valence-corrected chi connectivity index (χ2v) is 7.86. The Morgan fingerprint density at radius 3 is 3.00 bits per heavy atom. The van der Waals surface area contributed by atoms with Crippen molar-refractivity contribution in [1.29, 1.82) is 0 Å². The molecule has 25 heavy (non-hydrogen) atoms. The SMILES string of the molecule is O=C(c1ccccn1)N1CCOC[C@@]2(CCN(Cc3nccs3)C2)C1. The molecule has 2 fully saturated rings. The first-order valence-corrected chi connectivity index (χ1v) is 9.51. The normalized spacial score (nSPS) is 24.6. The zero-order valence-corrected chi connectivity index (χ0v) is 15.0. The van der Waals surface area contributed by atoms with E-state index in [1.807, 2.05) is 28.6 Å². The van der Waals surface area contributed by atoms with Gasteiger partial charge in [0.15, 0.2) is 0 Å². The zero-order chi connectivity index (χ0) is 17.1. The Hall–Kier alpha value is -1.83. The van der Waals surface area contributed by atoms with Crippen molar-refractivity contribution in [2.75, 3.05) is 39.4 Å². The molecule has 0 bridgehead atoms. The van der Waals surface area contributed by atoms with E-state index in [0.717, 1.165) is 37.6 Å². The lowest BCUT2D eigenvalue weighted by atomic mass is 9.87. The number of ether oxygens (including phenoxy) is 1. The van der Waals surface area contributed by atoms with Gasteiger partial charge in [0, 0.05) is 42.8 Å². The standard InChI is InChI=1S/C18H22N4O2S/c23-17(15-3-1-2-5-19-15)22-8-9-24-14-18(13-22)4-7-21(12-18)11-16-20-6-10-25-16/h1-3,5-6,10H,4,7-9,11-14H2/t18-/m1/s1. The number of carbonyl (C=O) groups excluding carboxylic acids is 1. The maximum absolute atomic E-state index is 12.8. The summed E-state index contributed by atoms with van der Waals surface area (Å²) in [6.45, 7) is 5.52. The predicted octanol–water partition coefficient (Wildman–Crippen LogP) is 1.90. The van der Waals surface area contributed by atoms with Crippen LogP contribution in [0.5, 0.6) is 0 Å². The maximum Gasteiger partial charge on any atom is 0.272 e. The number of likely N-dealkylation sites (tertiary alicyclic amines) is 1. The molecule has 132 valence electrons. The van der Waals surface area contributed by atoms with Crippen molar-refractivity contribution in [3.63, 3.8) is 0 Å². The van der Waals surface area contributed by atoms with Crippen molar-refractivity contribution in [3.05, 3.63) is 46.7 Å². The van der Waals surface area contributed by atoms with Gasteiger partial charge in [-0.15, -0.1) is 11.3 Å². The third-order valence-electron chi connectivity index (χ3n) is 4.97. The van der Waals surface area contributed by atoms with Crippen LogP contribution in [0, 0.1) is 5.41 Å². The molecule has 2 aliphatic heterocycles. The second kappa shape index (κ2) is 7.19. The van der Waals surface area contributed by atoms with Gasteiger partial charge in [-0.25, -0.2) is 4.98 Å². The number of aromatic nitrogens is 2. The first-order valence-electron chi connectivity index (χ1n) is 8.63. The average molecular weight is 358 g/mol. The monoisotopic (exact) mass is 358 g/mol. The van der Waals surface area contributed by atoms with Gasteiger partial charge in [0.1, 0.15) is 10.7 Å². The largest absolute Gasteiger partial charge is 0.379 e. The summed E-state index contributed by atoms with van der Waals surface area (Å²) in [6, 6.07) is 5.47. The van der Waals surface area contributed by atoms with E-state index < -0.39 is 0 Å². The molecular formula is C18H22N4O2S. The van der Waals surface area contributed by atoms with E-state index in [4.69, 9.17) is 4.74 Å². The highest BCUT2D eigenvalue weighted by Crippen LogP contribution is 2.34. The van der Waals surface area contributed by atoms with Crippen molar-refractivity contribution in [3.8, 4) is 0 Å². The van der Waals surface area contributed by atoms with E-state index in [0.29, 0.717) is 25.5 Å². The number of rotatable bonds is 3. The highest BCUT2D eigenvalue weighted by atomic mass is 32.1. The smallest absolute Gasteiger partial charge is 0.272 e. The molecule has 2 saturated heterocycles. The quantitative estimate of drug-likeness (QED) is 0.839. The molecule has 0 saturated carbocycles. The van der Waals surface area contributed by atoms with Gasteiger partial charge in [-0.3, -0.25) is 14.7 Å². The van der Waals surface area contributed by atoms with Crippen molar-refractivity contribution in [1.82, 2.24) is 19.8 Å². The Kier molecular flexibility index (Phi) is 4.78. The Labute approximate surface area is 151 Å². The molecule has 4 rings (SSSR count). The van der Waals surface area contributed by atoms with Crippen LogP contribution in [0.2, 0.25) is 0 Å². The number of amides is 1. The van der Waals surface area contributed by atoms with Gasteiger partial charge in [0.25, 0.3) is 5.91 Å². The molecule has 0 unspecified atom stereocenters. The molecule has 2 aliphatic rings. The molecule has 2 aromatic rings. The highest BCUT2D eigenvalue weighted by molar-refractivity contribution is 7.09. The molecule has 7 heteroatoms. The van der Waals surface area contributed by atoms with Crippen LogP contribution in [-0.2, 0) is 11.3 Å². The van der Waals surface area contributed by atoms with Gasteiger partial charge in [-0.2, -0.15) is 0 Å². The van der Waals surface area contributed by atoms with Gasteiger partial charge < -0.3 is 9.64 Å². The van der Waals surface area contributed by atoms with Crippen LogP contribution in [0.3, 0.4) is 0 Å². The van der Waals surface area contributed by atoms with Crippen LogP contribution in [0.25, 0.3) is 0 Å². The molecule has 0 N–H and O–H groups in total. The lowest BCUT2D eigenvalue weighted by molar-refractivity contribution is 0.0641. The minimum atomic E-state index is 0.00356. The van der Waals surface area contributed by atoms with E-state index in [2.05, 4.69) is 14.9 Å². The minimum Gasteiger partial charge on any atom is -0.379 e. The van der Waals surface area contributed by atoms with Crippen molar-refractivity contribution < 1.29 is 9.53 Å². The first kappa shape index (κ1) is 16.6. The molecule has 0 aliphatic carbocycles. The van der Waals surface area contributed by atoms with Gasteiger partial charge in [-0.1, -0.05) is 6.07 Å². The Morgan fingerprint density at radius 1 is 1.24 bits per heavy atom. The number of thiazole rings is 1. The van der Waals surface area contributed by atoms with Crippen LogP contribution in [-0.4, -0.2) is 65.1 Å². The van der Waals surface area contributed by atoms with E-state index in [1.165, 1.54) is 0 Å². The number of hydrogen-bond acceptors (Lipinski definition) is 6. The summed E-state index contributed by atoms with van der Waals surface area (Å²) >= 11 is 1.69. The first-order chi connectivity index (χ1) is 12.2. The summed E-state index contributed by atoms with van der Waals surface area (Å²) in [5, 5.41) is 3.16. The number of pyridine rings is 1. The summed E-state index contributed by atoms with van der Waals surface area (Å²) in [4.78, 5) is 25.8. The molecule has 6 nitrogen and oxygen atoms in total. The van der Waals surface area contributed by atoms with E-state index >= 15 is 0 Å². The predicted molar refractivity (Wildman–Crippen MR) is 95.4 cm³/mol. The van der Waals surface area contributed by atoms with Crippen LogP contribution >= 0.6 is 11.3 Å². The van der Waals surface area contributed by atoms with Crippen molar-refractivity contribution in [2.45, 2.75) is 13.0 Å².